The minimum absolute atomic E-state index is 0.287. The zero-order valence-electron chi connectivity index (χ0n) is 15.7. The van der Waals surface area contributed by atoms with Gasteiger partial charge >= 0.3 is 0 Å². The lowest BCUT2D eigenvalue weighted by atomic mass is 10.1. The molecule has 0 saturated carbocycles. The maximum atomic E-state index is 5.77. The minimum atomic E-state index is 0.287. The molecule has 26 heavy (non-hydrogen) atoms. The van der Waals surface area contributed by atoms with Gasteiger partial charge in [-0.15, -0.1) is 0 Å². The summed E-state index contributed by atoms with van der Waals surface area (Å²) in [6.45, 7) is 3.78. The predicted octanol–water partition coefficient (Wildman–Crippen LogP) is 3.97. The van der Waals surface area contributed by atoms with Crippen LogP contribution in [0.15, 0.2) is 42.6 Å². The van der Waals surface area contributed by atoms with Crippen LogP contribution < -0.4 is 10.2 Å². The van der Waals surface area contributed by atoms with E-state index in [1.54, 1.807) is 0 Å². The number of nitrogens with one attached hydrogen (secondary N) is 1. The van der Waals surface area contributed by atoms with Crippen molar-refractivity contribution in [2.24, 2.45) is 0 Å². The van der Waals surface area contributed by atoms with Gasteiger partial charge < -0.3 is 15.0 Å². The third-order valence-electron chi connectivity index (χ3n) is 4.96. The van der Waals surface area contributed by atoms with Crippen LogP contribution in [-0.4, -0.2) is 42.7 Å². The minimum Gasteiger partial charge on any atom is -0.378 e. The topological polar surface area (TPSA) is 41.8 Å². The van der Waals surface area contributed by atoms with Gasteiger partial charge in [0.1, 0.15) is 17.2 Å². The summed E-state index contributed by atoms with van der Waals surface area (Å²) >= 11 is 0. The first-order chi connectivity index (χ1) is 12.6. The van der Waals surface area contributed by atoms with Crippen LogP contribution in [0.4, 0.5) is 11.5 Å². The molecule has 0 aliphatic carbocycles. The molecule has 1 N–H and O–H groups in total. The number of anilines is 2. The Kier molecular flexibility index (Phi) is 4.55. The van der Waals surface area contributed by atoms with Crippen LogP contribution in [0.1, 0.15) is 18.4 Å². The summed E-state index contributed by atoms with van der Waals surface area (Å²) in [5, 5.41) is 3.60. The molecule has 0 bridgehead atoms. The molecular weight excluding hydrogens is 324 g/mol. The predicted molar refractivity (Wildman–Crippen MR) is 107 cm³/mol. The highest BCUT2D eigenvalue weighted by Gasteiger charge is 2.19. The first-order valence-corrected chi connectivity index (χ1v) is 9.24. The summed E-state index contributed by atoms with van der Waals surface area (Å²) in [6.07, 6.45) is 4.65. The molecule has 1 fully saturated rings. The zero-order valence-corrected chi connectivity index (χ0v) is 15.7. The van der Waals surface area contributed by atoms with E-state index in [0.29, 0.717) is 0 Å². The van der Waals surface area contributed by atoms with E-state index >= 15 is 0 Å². The van der Waals surface area contributed by atoms with Crippen molar-refractivity contribution in [1.82, 2.24) is 9.38 Å². The molecule has 136 valence electrons. The summed E-state index contributed by atoms with van der Waals surface area (Å²) in [4.78, 5) is 7.01. The van der Waals surface area contributed by atoms with Crippen molar-refractivity contribution in [2.75, 3.05) is 37.5 Å². The second-order valence-electron chi connectivity index (χ2n) is 7.20. The Morgan fingerprint density at radius 3 is 2.73 bits per heavy atom. The molecule has 1 aliphatic heterocycles. The van der Waals surface area contributed by atoms with Gasteiger partial charge in [-0.2, -0.15) is 0 Å². The van der Waals surface area contributed by atoms with Gasteiger partial charge in [-0.05, 0) is 49.6 Å². The number of rotatable bonds is 5. The lowest BCUT2D eigenvalue weighted by Gasteiger charge is -2.14. The Hall–Kier alpha value is -2.53. The second-order valence-corrected chi connectivity index (χ2v) is 7.20. The first kappa shape index (κ1) is 16.9. The van der Waals surface area contributed by atoms with Gasteiger partial charge in [0.15, 0.2) is 0 Å². The number of ether oxygens (including phenoxy) is 1. The number of aromatic nitrogens is 2. The van der Waals surface area contributed by atoms with E-state index in [-0.39, 0.29) is 6.10 Å². The quantitative estimate of drug-likeness (QED) is 0.756. The fourth-order valence-electron chi connectivity index (χ4n) is 3.45. The van der Waals surface area contributed by atoms with Gasteiger partial charge in [0.25, 0.3) is 0 Å². The summed E-state index contributed by atoms with van der Waals surface area (Å²) in [5.74, 6) is 1.04. The van der Waals surface area contributed by atoms with Crippen LogP contribution in [0.25, 0.3) is 16.9 Å². The van der Waals surface area contributed by atoms with E-state index in [1.807, 2.05) is 0 Å². The number of pyridine rings is 1. The van der Waals surface area contributed by atoms with Crippen molar-refractivity contribution < 1.29 is 4.74 Å². The van der Waals surface area contributed by atoms with Crippen molar-refractivity contribution in [3.8, 4) is 11.3 Å². The molecule has 1 saturated heterocycles. The largest absolute Gasteiger partial charge is 0.378 e. The van der Waals surface area contributed by atoms with E-state index in [0.717, 1.165) is 48.7 Å². The maximum Gasteiger partial charge on any atom is 0.139 e. The molecule has 5 heteroatoms. The molecule has 1 aromatic carbocycles. The SMILES string of the molecule is Cc1ccn2c(NCC3CCCO3)c(-c3ccc(N(C)C)cc3)nc2c1. The van der Waals surface area contributed by atoms with Crippen molar-refractivity contribution in [1.29, 1.82) is 0 Å². The average molecular weight is 350 g/mol. The molecule has 0 spiro atoms. The van der Waals surface area contributed by atoms with E-state index < -0.39 is 0 Å². The molecule has 1 aliphatic rings. The molecule has 0 amide bonds. The molecule has 3 aromatic rings. The van der Waals surface area contributed by atoms with Crippen molar-refractivity contribution in [2.45, 2.75) is 25.9 Å². The number of hydrogen-bond donors (Lipinski definition) is 1. The lowest BCUT2D eigenvalue weighted by molar-refractivity contribution is 0.120. The fourth-order valence-corrected chi connectivity index (χ4v) is 3.45. The number of imidazole rings is 1. The van der Waals surface area contributed by atoms with Gasteiger partial charge in [0, 0.05) is 44.7 Å². The molecular formula is C21H26N4O. The molecule has 3 heterocycles. The van der Waals surface area contributed by atoms with E-state index in [9.17, 15) is 0 Å². The standard InChI is InChI=1S/C21H26N4O/c1-15-10-11-25-19(13-15)23-20(16-6-8-17(9-7-16)24(2)3)21(25)22-14-18-5-4-12-26-18/h6-11,13,18,22H,4-5,12,14H2,1-3H3. The molecule has 4 rings (SSSR count). The first-order valence-electron chi connectivity index (χ1n) is 9.24. The second kappa shape index (κ2) is 7.00. The summed E-state index contributed by atoms with van der Waals surface area (Å²) in [7, 11) is 4.11. The Labute approximate surface area is 154 Å². The Bertz CT molecular complexity index is 892. The third kappa shape index (κ3) is 3.27. The normalized spacial score (nSPS) is 17.0. The van der Waals surface area contributed by atoms with Crippen LogP contribution in [0.5, 0.6) is 0 Å². The fraction of sp³-hybridized carbons (Fsp3) is 0.381. The molecule has 1 atom stereocenters. The number of nitrogens with zero attached hydrogens (tertiary/aromatic N) is 3. The van der Waals surface area contributed by atoms with Crippen LogP contribution in [0, 0.1) is 6.92 Å². The van der Waals surface area contributed by atoms with Crippen LogP contribution in [0.2, 0.25) is 0 Å². The number of aryl methyl sites for hydroxylation is 1. The summed E-state index contributed by atoms with van der Waals surface area (Å²) in [5.41, 5.74) is 5.46. The summed E-state index contributed by atoms with van der Waals surface area (Å²) < 4.78 is 7.91. The van der Waals surface area contributed by atoms with Gasteiger partial charge in [-0.3, -0.25) is 4.40 Å². The smallest absolute Gasteiger partial charge is 0.139 e. The van der Waals surface area contributed by atoms with Crippen molar-refractivity contribution >= 4 is 17.2 Å². The monoisotopic (exact) mass is 350 g/mol. The third-order valence-corrected chi connectivity index (χ3v) is 4.96. The highest BCUT2D eigenvalue weighted by atomic mass is 16.5. The van der Waals surface area contributed by atoms with Crippen LogP contribution in [0.3, 0.4) is 0 Å². The average Bonchev–Trinajstić information content (AvgIpc) is 3.27. The Morgan fingerprint density at radius 1 is 1.23 bits per heavy atom. The molecule has 2 aromatic heterocycles. The zero-order chi connectivity index (χ0) is 18.1. The van der Waals surface area contributed by atoms with Crippen molar-refractivity contribution in [3.63, 3.8) is 0 Å². The van der Waals surface area contributed by atoms with E-state index in [4.69, 9.17) is 9.72 Å². The number of hydrogen-bond acceptors (Lipinski definition) is 4. The van der Waals surface area contributed by atoms with Crippen LogP contribution >= 0.6 is 0 Å². The lowest BCUT2D eigenvalue weighted by Crippen LogP contribution is -2.19. The Balaban J connectivity index is 1.72. The molecule has 0 radical (unpaired) electrons. The van der Waals surface area contributed by atoms with Gasteiger partial charge in [-0.25, -0.2) is 4.98 Å². The van der Waals surface area contributed by atoms with Gasteiger partial charge in [0.05, 0.1) is 6.10 Å². The van der Waals surface area contributed by atoms with Crippen molar-refractivity contribution in [3.05, 3.63) is 48.2 Å². The van der Waals surface area contributed by atoms with Crippen LogP contribution in [-0.2, 0) is 4.74 Å². The Morgan fingerprint density at radius 2 is 2.04 bits per heavy atom. The number of benzene rings is 1. The van der Waals surface area contributed by atoms with Gasteiger partial charge in [0.2, 0.25) is 0 Å². The summed E-state index contributed by atoms with van der Waals surface area (Å²) in [6, 6.07) is 12.8. The maximum absolute atomic E-state index is 5.77. The van der Waals surface area contributed by atoms with E-state index in [1.165, 1.54) is 11.3 Å². The molecule has 5 nitrogen and oxygen atoms in total. The highest BCUT2D eigenvalue weighted by Crippen LogP contribution is 2.30. The van der Waals surface area contributed by atoms with Gasteiger partial charge in [-0.1, -0.05) is 12.1 Å². The molecule has 1 unspecified atom stereocenters. The van der Waals surface area contributed by atoms with E-state index in [2.05, 4.69) is 78.2 Å². The highest BCUT2D eigenvalue weighted by molar-refractivity contribution is 5.77. The number of fused-ring (bicyclic) bond motifs is 1.